The van der Waals surface area contributed by atoms with Gasteiger partial charge in [-0.2, -0.15) is 0 Å². The van der Waals surface area contributed by atoms with Gasteiger partial charge in [0.25, 0.3) is 0 Å². The highest BCUT2D eigenvalue weighted by atomic mass is 16.5. The van der Waals surface area contributed by atoms with E-state index in [0.717, 1.165) is 44.9 Å². The lowest BCUT2D eigenvalue weighted by Crippen LogP contribution is -2.44. The van der Waals surface area contributed by atoms with E-state index in [1.165, 1.54) is 12.7 Å². The van der Waals surface area contributed by atoms with Crippen LogP contribution in [0.1, 0.15) is 45.1 Å². The van der Waals surface area contributed by atoms with Crippen LogP contribution in [0.25, 0.3) is 0 Å². The van der Waals surface area contributed by atoms with Crippen LogP contribution >= 0.6 is 0 Å². The van der Waals surface area contributed by atoms with Gasteiger partial charge in [-0.3, -0.25) is 14.7 Å². The molecule has 0 bridgehead atoms. The number of methoxy groups -OCH3 is 1. The first kappa shape index (κ1) is 21.2. The minimum absolute atomic E-state index is 0.150. The summed E-state index contributed by atoms with van der Waals surface area (Å²) in [5, 5.41) is 6.91. The molecule has 0 aromatic heterocycles. The fourth-order valence-electron chi connectivity index (χ4n) is 3.43. The molecule has 27 heavy (non-hydrogen) atoms. The van der Waals surface area contributed by atoms with Crippen molar-refractivity contribution in [3.05, 3.63) is 35.9 Å². The highest BCUT2D eigenvalue weighted by Gasteiger charge is 2.29. The predicted octanol–water partition coefficient (Wildman–Crippen LogP) is 2.55. The van der Waals surface area contributed by atoms with E-state index in [9.17, 15) is 4.79 Å². The number of esters is 1. The van der Waals surface area contributed by atoms with Crippen molar-refractivity contribution in [1.82, 2.24) is 15.5 Å². The minimum Gasteiger partial charge on any atom is -0.469 e. The minimum atomic E-state index is -0.150. The number of ether oxygens (including phenoxy) is 1. The standard InChI is InChI=1S/C21H34N4O2/c1-4-22-21(23-13-9-8-12-20(26)27-3)24-19-14-17(2)25(16-19)15-18-10-6-5-7-11-18/h5-7,10-11,17,19H,4,8-9,12-16H2,1-3H3,(H2,22,23,24). The molecule has 1 heterocycles. The van der Waals surface area contributed by atoms with Gasteiger partial charge in [0.15, 0.2) is 5.96 Å². The molecule has 0 spiro atoms. The van der Waals surface area contributed by atoms with Gasteiger partial charge in [0, 0.05) is 44.7 Å². The Balaban J connectivity index is 1.79. The maximum atomic E-state index is 11.1. The Labute approximate surface area is 163 Å². The van der Waals surface area contributed by atoms with E-state index >= 15 is 0 Å². The van der Waals surface area contributed by atoms with Crippen LogP contribution in [0, 0.1) is 0 Å². The number of carbonyl (C=O) groups is 1. The van der Waals surface area contributed by atoms with Crippen molar-refractivity contribution in [3.8, 4) is 0 Å². The third kappa shape index (κ3) is 7.59. The number of unbranched alkanes of at least 4 members (excludes halogenated alkanes) is 1. The fourth-order valence-corrected chi connectivity index (χ4v) is 3.43. The van der Waals surface area contributed by atoms with Gasteiger partial charge in [-0.25, -0.2) is 0 Å². The van der Waals surface area contributed by atoms with Gasteiger partial charge in [-0.1, -0.05) is 30.3 Å². The number of aliphatic imine (C=N–C) groups is 1. The second-order valence-electron chi connectivity index (χ2n) is 7.13. The Morgan fingerprint density at radius 1 is 1.30 bits per heavy atom. The second kappa shape index (κ2) is 11.6. The maximum absolute atomic E-state index is 11.1. The largest absolute Gasteiger partial charge is 0.469 e. The zero-order chi connectivity index (χ0) is 19.5. The van der Waals surface area contributed by atoms with Crippen LogP contribution in [0.5, 0.6) is 0 Å². The molecule has 2 rings (SSSR count). The van der Waals surface area contributed by atoms with Crippen LogP contribution in [0.15, 0.2) is 35.3 Å². The summed E-state index contributed by atoms with van der Waals surface area (Å²) in [6, 6.07) is 11.6. The number of benzene rings is 1. The zero-order valence-electron chi connectivity index (χ0n) is 16.9. The second-order valence-corrected chi connectivity index (χ2v) is 7.13. The number of rotatable bonds is 9. The summed E-state index contributed by atoms with van der Waals surface area (Å²) in [6.45, 7) is 7.92. The van der Waals surface area contributed by atoms with Crippen LogP contribution < -0.4 is 10.6 Å². The van der Waals surface area contributed by atoms with Crippen molar-refractivity contribution in [2.75, 3.05) is 26.7 Å². The molecule has 1 fully saturated rings. The Kier molecular flexibility index (Phi) is 9.11. The normalized spacial score (nSPS) is 20.5. The van der Waals surface area contributed by atoms with Crippen LogP contribution in [0.3, 0.4) is 0 Å². The third-order valence-electron chi connectivity index (χ3n) is 4.90. The van der Waals surface area contributed by atoms with E-state index in [2.05, 4.69) is 69.4 Å². The monoisotopic (exact) mass is 374 g/mol. The number of nitrogens with zero attached hydrogens (tertiary/aromatic N) is 2. The lowest BCUT2D eigenvalue weighted by atomic mass is 10.2. The number of guanidine groups is 1. The number of hydrogen-bond acceptors (Lipinski definition) is 4. The molecule has 1 saturated heterocycles. The molecule has 6 heteroatoms. The van der Waals surface area contributed by atoms with Crippen LogP contribution in [-0.4, -0.2) is 55.7 Å². The fraction of sp³-hybridized carbons (Fsp3) is 0.619. The lowest BCUT2D eigenvalue weighted by molar-refractivity contribution is -0.140. The van der Waals surface area contributed by atoms with Crippen molar-refractivity contribution >= 4 is 11.9 Å². The predicted molar refractivity (Wildman–Crippen MR) is 110 cm³/mol. The molecule has 2 unspecified atom stereocenters. The first-order chi connectivity index (χ1) is 13.1. The first-order valence-electron chi connectivity index (χ1n) is 10.0. The van der Waals surface area contributed by atoms with Gasteiger partial charge in [-0.15, -0.1) is 0 Å². The molecule has 1 aliphatic rings. The molecule has 150 valence electrons. The molecule has 1 aromatic rings. The summed E-state index contributed by atoms with van der Waals surface area (Å²) in [6.07, 6.45) is 3.26. The number of carbonyl (C=O) groups excluding carboxylic acids is 1. The quantitative estimate of drug-likeness (QED) is 0.301. The van der Waals surface area contributed by atoms with E-state index in [-0.39, 0.29) is 5.97 Å². The molecule has 1 aromatic carbocycles. The van der Waals surface area contributed by atoms with Crippen molar-refractivity contribution in [2.45, 2.75) is 58.2 Å². The molecule has 2 atom stereocenters. The van der Waals surface area contributed by atoms with Crippen LogP contribution in [0.2, 0.25) is 0 Å². The summed E-state index contributed by atoms with van der Waals surface area (Å²) in [5.74, 6) is 0.719. The highest BCUT2D eigenvalue weighted by Crippen LogP contribution is 2.20. The van der Waals surface area contributed by atoms with Gasteiger partial charge in [0.1, 0.15) is 0 Å². The molecule has 0 saturated carbocycles. The zero-order valence-corrected chi connectivity index (χ0v) is 16.9. The number of nitrogens with one attached hydrogen (secondary N) is 2. The molecule has 6 nitrogen and oxygen atoms in total. The topological polar surface area (TPSA) is 66.0 Å². The summed E-state index contributed by atoms with van der Waals surface area (Å²) in [7, 11) is 1.43. The van der Waals surface area contributed by atoms with Gasteiger partial charge in [0.2, 0.25) is 0 Å². The highest BCUT2D eigenvalue weighted by molar-refractivity contribution is 5.80. The smallest absolute Gasteiger partial charge is 0.305 e. The average Bonchev–Trinajstić information content (AvgIpc) is 3.01. The molecular formula is C21H34N4O2. The third-order valence-corrected chi connectivity index (χ3v) is 4.90. The molecule has 0 amide bonds. The molecule has 1 aliphatic heterocycles. The first-order valence-corrected chi connectivity index (χ1v) is 10.0. The maximum Gasteiger partial charge on any atom is 0.305 e. The molecule has 0 aliphatic carbocycles. The Morgan fingerprint density at radius 3 is 2.78 bits per heavy atom. The van der Waals surface area contributed by atoms with Crippen LogP contribution in [0.4, 0.5) is 0 Å². The Morgan fingerprint density at radius 2 is 2.07 bits per heavy atom. The SMILES string of the molecule is CCNC(=NCCCCC(=O)OC)NC1CC(C)N(Cc2ccccc2)C1. The van der Waals surface area contributed by atoms with Crippen molar-refractivity contribution < 1.29 is 9.53 Å². The van der Waals surface area contributed by atoms with E-state index in [0.29, 0.717) is 25.0 Å². The van der Waals surface area contributed by atoms with Gasteiger partial charge < -0.3 is 15.4 Å². The number of hydrogen-bond donors (Lipinski definition) is 2. The van der Waals surface area contributed by atoms with E-state index in [4.69, 9.17) is 0 Å². The van der Waals surface area contributed by atoms with E-state index in [1.807, 2.05) is 0 Å². The average molecular weight is 375 g/mol. The van der Waals surface area contributed by atoms with Crippen molar-refractivity contribution in [2.24, 2.45) is 4.99 Å². The van der Waals surface area contributed by atoms with Gasteiger partial charge >= 0.3 is 5.97 Å². The van der Waals surface area contributed by atoms with E-state index < -0.39 is 0 Å². The van der Waals surface area contributed by atoms with Crippen molar-refractivity contribution in [1.29, 1.82) is 0 Å². The summed E-state index contributed by atoms with van der Waals surface area (Å²) >= 11 is 0. The summed E-state index contributed by atoms with van der Waals surface area (Å²) < 4.78 is 4.66. The van der Waals surface area contributed by atoms with E-state index in [1.54, 1.807) is 0 Å². The lowest BCUT2D eigenvalue weighted by Gasteiger charge is -2.21. The molecule has 2 N–H and O–H groups in total. The summed E-state index contributed by atoms with van der Waals surface area (Å²) in [5.41, 5.74) is 1.36. The van der Waals surface area contributed by atoms with Gasteiger partial charge in [0.05, 0.1) is 7.11 Å². The number of likely N-dealkylation sites (tertiary alicyclic amines) is 1. The van der Waals surface area contributed by atoms with Crippen LogP contribution in [-0.2, 0) is 16.1 Å². The Hall–Kier alpha value is -2.08. The molecule has 0 radical (unpaired) electrons. The summed E-state index contributed by atoms with van der Waals surface area (Å²) in [4.78, 5) is 18.3. The molecular weight excluding hydrogens is 340 g/mol. The Bertz CT molecular complexity index is 591. The van der Waals surface area contributed by atoms with Gasteiger partial charge in [-0.05, 0) is 38.7 Å². The van der Waals surface area contributed by atoms with Crippen molar-refractivity contribution in [3.63, 3.8) is 0 Å².